The Bertz CT molecular complexity index is 1060. The largest absolute Gasteiger partial charge is 0.507 e. The highest BCUT2D eigenvalue weighted by Gasteiger charge is 2.47. The molecule has 1 aromatic carbocycles. The van der Waals surface area contributed by atoms with E-state index in [0.717, 1.165) is 0 Å². The van der Waals surface area contributed by atoms with Gasteiger partial charge in [-0.15, -0.1) is 0 Å². The first-order valence-corrected chi connectivity index (χ1v) is 8.96. The molecule has 1 aliphatic heterocycles. The van der Waals surface area contributed by atoms with Gasteiger partial charge in [-0.3, -0.25) is 14.6 Å². The van der Waals surface area contributed by atoms with Crippen molar-refractivity contribution in [2.75, 3.05) is 7.11 Å². The number of carbonyl (C=O) groups excluding carboxylic acids is 2. The summed E-state index contributed by atoms with van der Waals surface area (Å²) in [6.45, 7) is 0.0816. The van der Waals surface area contributed by atoms with Crippen LogP contribution >= 0.6 is 0 Å². The van der Waals surface area contributed by atoms with Crippen LogP contribution in [0.25, 0.3) is 5.76 Å². The molecule has 7 heteroatoms. The van der Waals surface area contributed by atoms with Gasteiger partial charge in [0.15, 0.2) is 0 Å². The van der Waals surface area contributed by atoms with Crippen LogP contribution in [-0.4, -0.2) is 33.8 Å². The minimum atomic E-state index is -0.830. The standard InChI is InChI=1S/C22H18N2O5/c1-28-15-9-7-14(8-10-15)20(25)18-19(17-6-2-3-11-23-17)24(22(27)21(18)26)13-16-5-4-12-29-16/h2-12,19,25H,13H2,1H3/b20-18-. The second-order valence-corrected chi connectivity index (χ2v) is 6.49. The van der Waals surface area contributed by atoms with E-state index in [1.54, 1.807) is 60.8 Å². The Morgan fingerprint density at radius 3 is 2.55 bits per heavy atom. The average Bonchev–Trinajstić information content (AvgIpc) is 3.36. The number of aliphatic hydroxyl groups is 1. The Kier molecular flexibility index (Phi) is 4.87. The lowest BCUT2D eigenvalue weighted by molar-refractivity contribution is -0.140. The summed E-state index contributed by atoms with van der Waals surface area (Å²) in [5.74, 6) is -0.602. The number of methoxy groups -OCH3 is 1. The number of hydrogen-bond acceptors (Lipinski definition) is 6. The zero-order valence-electron chi connectivity index (χ0n) is 15.6. The molecule has 2 aromatic heterocycles. The molecule has 1 amide bonds. The summed E-state index contributed by atoms with van der Waals surface area (Å²) in [6, 6.07) is 14.4. The highest BCUT2D eigenvalue weighted by molar-refractivity contribution is 6.46. The molecule has 29 heavy (non-hydrogen) atoms. The lowest BCUT2D eigenvalue weighted by Crippen LogP contribution is -2.29. The highest BCUT2D eigenvalue weighted by Crippen LogP contribution is 2.39. The Morgan fingerprint density at radius 2 is 1.93 bits per heavy atom. The first kappa shape index (κ1) is 18.5. The number of ether oxygens (including phenoxy) is 1. The molecular weight excluding hydrogens is 372 g/mol. The molecule has 3 aromatic rings. The number of ketones is 1. The van der Waals surface area contributed by atoms with Crippen LogP contribution in [0.1, 0.15) is 23.1 Å². The van der Waals surface area contributed by atoms with Crippen molar-refractivity contribution in [3.8, 4) is 5.75 Å². The maximum absolute atomic E-state index is 12.9. The third-order valence-electron chi connectivity index (χ3n) is 4.78. The van der Waals surface area contributed by atoms with E-state index in [0.29, 0.717) is 22.8 Å². The maximum atomic E-state index is 12.9. The third kappa shape index (κ3) is 3.38. The van der Waals surface area contributed by atoms with Crippen molar-refractivity contribution in [2.24, 2.45) is 0 Å². The SMILES string of the molecule is COc1ccc(/C(O)=C2/C(=O)C(=O)N(Cc3ccco3)C2c2ccccn2)cc1. The number of benzene rings is 1. The first-order chi connectivity index (χ1) is 14.1. The van der Waals surface area contributed by atoms with Gasteiger partial charge in [0.1, 0.15) is 23.3 Å². The molecule has 0 radical (unpaired) electrons. The summed E-state index contributed by atoms with van der Waals surface area (Å²) in [7, 11) is 1.54. The molecule has 1 fully saturated rings. The minimum absolute atomic E-state index is 0.00887. The molecule has 1 aliphatic rings. The predicted octanol–water partition coefficient (Wildman–Crippen LogP) is 3.31. The molecular formula is C22H18N2O5. The molecule has 1 atom stereocenters. The monoisotopic (exact) mass is 390 g/mol. The second-order valence-electron chi connectivity index (χ2n) is 6.49. The van der Waals surface area contributed by atoms with Gasteiger partial charge in [0.05, 0.1) is 31.2 Å². The van der Waals surface area contributed by atoms with Gasteiger partial charge in [0, 0.05) is 11.8 Å². The van der Waals surface area contributed by atoms with Crippen molar-refractivity contribution in [1.29, 1.82) is 0 Å². The van der Waals surface area contributed by atoms with E-state index in [1.807, 2.05) is 0 Å². The molecule has 1 saturated heterocycles. The molecule has 0 aliphatic carbocycles. The van der Waals surface area contributed by atoms with Gasteiger partial charge < -0.3 is 19.2 Å². The zero-order valence-corrected chi connectivity index (χ0v) is 15.6. The Hall–Kier alpha value is -3.87. The van der Waals surface area contributed by atoms with Crippen molar-refractivity contribution >= 4 is 17.4 Å². The average molecular weight is 390 g/mol. The molecule has 0 spiro atoms. The van der Waals surface area contributed by atoms with E-state index in [9.17, 15) is 14.7 Å². The van der Waals surface area contributed by atoms with E-state index in [1.165, 1.54) is 18.3 Å². The van der Waals surface area contributed by atoms with Gasteiger partial charge in [0.2, 0.25) is 0 Å². The Morgan fingerprint density at radius 1 is 1.14 bits per heavy atom. The van der Waals surface area contributed by atoms with Crippen LogP contribution in [0.2, 0.25) is 0 Å². The van der Waals surface area contributed by atoms with Crippen LogP contribution in [0, 0.1) is 0 Å². The molecule has 1 N–H and O–H groups in total. The number of carbonyl (C=O) groups is 2. The smallest absolute Gasteiger partial charge is 0.296 e. The first-order valence-electron chi connectivity index (χ1n) is 8.96. The number of amides is 1. The lowest BCUT2D eigenvalue weighted by atomic mass is 9.98. The van der Waals surface area contributed by atoms with E-state index >= 15 is 0 Å². The number of hydrogen-bond donors (Lipinski definition) is 1. The fraction of sp³-hybridized carbons (Fsp3) is 0.136. The zero-order chi connectivity index (χ0) is 20.4. The summed E-state index contributed by atoms with van der Waals surface area (Å²) >= 11 is 0. The summed E-state index contributed by atoms with van der Waals surface area (Å²) in [6.07, 6.45) is 3.08. The van der Waals surface area contributed by atoms with Gasteiger partial charge >= 0.3 is 0 Å². The third-order valence-corrected chi connectivity index (χ3v) is 4.78. The van der Waals surface area contributed by atoms with Gasteiger partial charge in [-0.25, -0.2) is 0 Å². The highest BCUT2D eigenvalue weighted by atomic mass is 16.5. The topological polar surface area (TPSA) is 92.9 Å². The van der Waals surface area contributed by atoms with Crippen LogP contribution in [0.15, 0.2) is 77.0 Å². The quantitative estimate of drug-likeness (QED) is 0.408. The number of aromatic nitrogens is 1. The van der Waals surface area contributed by atoms with Gasteiger partial charge in [-0.05, 0) is 48.5 Å². The summed E-state index contributed by atoms with van der Waals surface area (Å²) < 4.78 is 10.5. The fourth-order valence-electron chi connectivity index (χ4n) is 3.36. The lowest BCUT2D eigenvalue weighted by Gasteiger charge is -2.23. The fourth-order valence-corrected chi connectivity index (χ4v) is 3.36. The maximum Gasteiger partial charge on any atom is 0.296 e. The molecule has 4 rings (SSSR count). The van der Waals surface area contributed by atoms with Crippen LogP contribution in [0.3, 0.4) is 0 Å². The number of nitrogens with zero attached hydrogens (tertiary/aromatic N) is 2. The Labute approximate surface area is 166 Å². The van der Waals surface area contributed by atoms with Crippen molar-refractivity contribution in [1.82, 2.24) is 9.88 Å². The number of rotatable bonds is 5. The van der Waals surface area contributed by atoms with E-state index in [4.69, 9.17) is 9.15 Å². The van der Waals surface area contributed by atoms with Crippen LogP contribution in [-0.2, 0) is 16.1 Å². The van der Waals surface area contributed by atoms with Gasteiger partial charge in [0.25, 0.3) is 11.7 Å². The van der Waals surface area contributed by atoms with Crippen LogP contribution in [0.5, 0.6) is 5.75 Å². The van der Waals surface area contributed by atoms with Gasteiger partial charge in [-0.1, -0.05) is 6.07 Å². The molecule has 0 saturated carbocycles. The summed E-state index contributed by atoms with van der Waals surface area (Å²) in [5.41, 5.74) is 0.876. The minimum Gasteiger partial charge on any atom is -0.507 e. The molecule has 0 bridgehead atoms. The van der Waals surface area contributed by atoms with Crippen LogP contribution < -0.4 is 4.74 Å². The number of Topliss-reactive ketones (excluding diaryl/α,β-unsaturated/α-hetero) is 1. The summed E-state index contributed by atoms with van der Waals surface area (Å²) in [4.78, 5) is 31.4. The molecule has 7 nitrogen and oxygen atoms in total. The van der Waals surface area contributed by atoms with Crippen LogP contribution in [0.4, 0.5) is 0 Å². The van der Waals surface area contributed by atoms with E-state index < -0.39 is 17.7 Å². The molecule has 146 valence electrons. The van der Waals surface area contributed by atoms with Crippen molar-refractivity contribution in [2.45, 2.75) is 12.6 Å². The summed E-state index contributed by atoms with van der Waals surface area (Å²) in [5, 5.41) is 10.9. The predicted molar refractivity (Wildman–Crippen MR) is 104 cm³/mol. The molecule has 1 unspecified atom stereocenters. The van der Waals surface area contributed by atoms with Gasteiger partial charge in [-0.2, -0.15) is 0 Å². The Balaban J connectivity index is 1.83. The number of pyridine rings is 1. The molecule has 3 heterocycles. The van der Waals surface area contributed by atoms with E-state index in [2.05, 4.69) is 4.98 Å². The second kappa shape index (κ2) is 7.63. The number of furan rings is 1. The van der Waals surface area contributed by atoms with Crippen molar-refractivity contribution in [3.05, 3.63) is 89.6 Å². The number of aliphatic hydroxyl groups excluding tert-OH is 1. The van der Waals surface area contributed by atoms with E-state index in [-0.39, 0.29) is 17.9 Å². The van der Waals surface area contributed by atoms with Crippen molar-refractivity contribution in [3.63, 3.8) is 0 Å². The van der Waals surface area contributed by atoms with Crippen molar-refractivity contribution < 1.29 is 23.8 Å². The number of likely N-dealkylation sites (tertiary alicyclic amines) is 1. The normalized spacial score (nSPS) is 18.2.